The summed E-state index contributed by atoms with van der Waals surface area (Å²) >= 11 is 3.38. The molecule has 1 fully saturated rings. The second-order valence-electron chi connectivity index (χ2n) is 3.97. The van der Waals surface area contributed by atoms with Crippen molar-refractivity contribution in [1.29, 1.82) is 0 Å². The van der Waals surface area contributed by atoms with Crippen LogP contribution in [0.2, 0.25) is 0 Å². The van der Waals surface area contributed by atoms with E-state index in [0.29, 0.717) is 0 Å². The summed E-state index contributed by atoms with van der Waals surface area (Å²) < 4.78 is 38.6. The quantitative estimate of drug-likeness (QED) is 0.910. The number of hydrogen-bond acceptors (Lipinski definition) is 4. The molecule has 7 heteroatoms. The summed E-state index contributed by atoms with van der Waals surface area (Å²) in [6, 6.07) is 0.378. The van der Waals surface area contributed by atoms with E-state index in [0.717, 1.165) is 29.5 Å². The van der Waals surface area contributed by atoms with E-state index in [2.05, 4.69) is 4.98 Å². The van der Waals surface area contributed by atoms with Crippen LogP contribution in [0.3, 0.4) is 0 Å². The minimum atomic E-state index is -4.37. The van der Waals surface area contributed by atoms with Crippen LogP contribution >= 0.6 is 23.5 Å². The second-order valence-corrected chi connectivity index (χ2v) is 6.47. The van der Waals surface area contributed by atoms with Gasteiger partial charge in [0.1, 0.15) is 0 Å². The SMILES string of the molecule is NC(c1cnccc1C(F)(F)F)C1CSCCS1. The van der Waals surface area contributed by atoms with Crippen LogP contribution in [0.5, 0.6) is 0 Å². The Hall–Kier alpha value is -0.400. The summed E-state index contributed by atoms with van der Waals surface area (Å²) in [5.41, 5.74) is 5.43. The van der Waals surface area contributed by atoms with E-state index in [1.807, 2.05) is 0 Å². The van der Waals surface area contributed by atoms with Gasteiger partial charge in [0.15, 0.2) is 0 Å². The summed E-state index contributed by atoms with van der Waals surface area (Å²) in [6.07, 6.45) is -1.97. The first-order chi connectivity index (χ1) is 8.50. The Balaban J connectivity index is 2.26. The lowest BCUT2D eigenvalue weighted by molar-refractivity contribution is -0.138. The number of alkyl halides is 3. The highest BCUT2D eigenvalue weighted by molar-refractivity contribution is 8.06. The average molecular weight is 294 g/mol. The van der Waals surface area contributed by atoms with Crippen molar-refractivity contribution in [2.24, 2.45) is 5.73 Å². The molecule has 0 amide bonds. The van der Waals surface area contributed by atoms with Gasteiger partial charge in [-0.05, 0) is 6.07 Å². The zero-order chi connectivity index (χ0) is 13.2. The van der Waals surface area contributed by atoms with Gasteiger partial charge in [-0.15, -0.1) is 0 Å². The number of halogens is 3. The molecule has 2 nitrogen and oxygen atoms in total. The van der Waals surface area contributed by atoms with Crippen molar-refractivity contribution in [3.8, 4) is 0 Å². The monoisotopic (exact) mass is 294 g/mol. The van der Waals surface area contributed by atoms with E-state index < -0.39 is 17.8 Å². The smallest absolute Gasteiger partial charge is 0.323 e. The number of rotatable bonds is 2. The molecule has 0 radical (unpaired) electrons. The van der Waals surface area contributed by atoms with Crippen LogP contribution < -0.4 is 5.73 Å². The molecular formula is C11H13F3N2S2. The summed E-state index contributed by atoms with van der Waals surface area (Å²) in [4.78, 5) is 3.78. The maximum absolute atomic E-state index is 12.9. The zero-order valence-electron chi connectivity index (χ0n) is 9.48. The fourth-order valence-electron chi connectivity index (χ4n) is 1.84. The van der Waals surface area contributed by atoms with Gasteiger partial charge in [-0.2, -0.15) is 36.7 Å². The second kappa shape index (κ2) is 5.71. The predicted octanol–water partition coefficient (Wildman–Crippen LogP) is 2.95. The molecule has 1 aromatic heterocycles. The lowest BCUT2D eigenvalue weighted by atomic mass is 10.0. The fourth-order valence-corrected chi connectivity index (χ4v) is 4.64. The molecule has 1 saturated heterocycles. The van der Waals surface area contributed by atoms with Crippen molar-refractivity contribution in [3.63, 3.8) is 0 Å². The molecule has 18 heavy (non-hydrogen) atoms. The number of thioether (sulfide) groups is 2. The van der Waals surface area contributed by atoms with E-state index in [1.54, 1.807) is 23.5 Å². The Labute approximate surface area is 112 Å². The number of aromatic nitrogens is 1. The normalized spacial score (nSPS) is 22.8. The van der Waals surface area contributed by atoms with Gasteiger partial charge in [-0.3, -0.25) is 4.98 Å². The molecule has 2 heterocycles. The van der Waals surface area contributed by atoms with Gasteiger partial charge in [0.25, 0.3) is 0 Å². The molecule has 0 saturated carbocycles. The average Bonchev–Trinajstić information content (AvgIpc) is 2.38. The Kier molecular flexibility index (Phi) is 4.45. The van der Waals surface area contributed by atoms with Gasteiger partial charge in [-0.25, -0.2) is 0 Å². The Bertz CT molecular complexity index is 406. The minimum absolute atomic E-state index is 0.0223. The molecule has 0 spiro atoms. The third-order valence-electron chi connectivity index (χ3n) is 2.76. The van der Waals surface area contributed by atoms with Crippen LogP contribution in [0.25, 0.3) is 0 Å². The molecule has 2 atom stereocenters. The van der Waals surface area contributed by atoms with Gasteiger partial charge in [-0.1, -0.05) is 0 Å². The molecule has 2 rings (SSSR count). The Morgan fingerprint density at radius 1 is 1.39 bits per heavy atom. The molecular weight excluding hydrogens is 281 g/mol. The van der Waals surface area contributed by atoms with Crippen LogP contribution in [-0.2, 0) is 6.18 Å². The van der Waals surface area contributed by atoms with Crippen LogP contribution in [-0.4, -0.2) is 27.5 Å². The van der Waals surface area contributed by atoms with Gasteiger partial charge < -0.3 is 5.73 Å². The zero-order valence-corrected chi connectivity index (χ0v) is 11.1. The Morgan fingerprint density at radius 3 is 2.78 bits per heavy atom. The van der Waals surface area contributed by atoms with Gasteiger partial charge >= 0.3 is 6.18 Å². The highest BCUT2D eigenvalue weighted by Gasteiger charge is 2.36. The standard InChI is InChI=1S/C11H13F3N2S2/c12-11(13,14)8-1-2-16-5-7(8)10(15)9-6-17-3-4-18-9/h1-2,5,9-10H,3-4,6,15H2. The molecule has 1 aromatic rings. The first-order valence-electron chi connectivity index (χ1n) is 5.46. The molecule has 2 N–H and O–H groups in total. The number of nitrogens with two attached hydrogens (primary N) is 1. The van der Waals surface area contributed by atoms with Gasteiger partial charge in [0, 0.05) is 46.5 Å². The van der Waals surface area contributed by atoms with Crippen LogP contribution in [0.15, 0.2) is 18.5 Å². The van der Waals surface area contributed by atoms with Crippen molar-refractivity contribution < 1.29 is 13.2 Å². The fraction of sp³-hybridized carbons (Fsp3) is 0.545. The van der Waals surface area contributed by atoms with Crippen molar-refractivity contribution in [3.05, 3.63) is 29.6 Å². The summed E-state index contributed by atoms with van der Waals surface area (Å²) in [5.74, 6) is 2.76. The van der Waals surface area contributed by atoms with Crippen molar-refractivity contribution in [1.82, 2.24) is 4.98 Å². The molecule has 1 aliphatic heterocycles. The number of nitrogens with zero attached hydrogens (tertiary/aromatic N) is 1. The van der Waals surface area contributed by atoms with Crippen molar-refractivity contribution >= 4 is 23.5 Å². The molecule has 0 aliphatic carbocycles. The number of hydrogen-bond donors (Lipinski definition) is 1. The molecule has 0 bridgehead atoms. The lowest BCUT2D eigenvalue weighted by Gasteiger charge is -2.28. The topological polar surface area (TPSA) is 38.9 Å². The summed E-state index contributed by atoms with van der Waals surface area (Å²) in [5, 5.41) is 0.0223. The summed E-state index contributed by atoms with van der Waals surface area (Å²) in [7, 11) is 0. The lowest BCUT2D eigenvalue weighted by Crippen LogP contribution is -2.30. The number of pyridine rings is 1. The van der Waals surface area contributed by atoms with Crippen molar-refractivity contribution in [2.45, 2.75) is 17.5 Å². The highest BCUT2D eigenvalue weighted by atomic mass is 32.2. The van der Waals surface area contributed by atoms with E-state index in [4.69, 9.17) is 5.73 Å². The maximum Gasteiger partial charge on any atom is 0.416 e. The van der Waals surface area contributed by atoms with Crippen molar-refractivity contribution in [2.75, 3.05) is 17.3 Å². The minimum Gasteiger partial charge on any atom is -0.323 e. The van der Waals surface area contributed by atoms with E-state index >= 15 is 0 Å². The van der Waals surface area contributed by atoms with Crippen LogP contribution in [0.1, 0.15) is 17.2 Å². The molecule has 100 valence electrons. The summed E-state index contributed by atoms with van der Waals surface area (Å²) in [6.45, 7) is 0. The predicted molar refractivity (Wildman–Crippen MR) is 69.7 cm³/mol. The van der Waals surface area contributed by atoms with Crippen LogP contribution in [0, 0.1) is 0 Å². The van der Waals surface area contributed by atoms with E-state index in [1.165, 1.54) is 6.20 Å². The third kappa shape index (κ3) is 3.13. The first-order valence-corrected chi connectivity index (χ1v) is 7.66. The molecule has 2 unspecified atom stereocenters. The molecule has 1 aliphatic rings. The largest absolute Gasteiger partial charge is 0.416 e. The first kappa shape index (κ1) is 14.0. The highest BCUT2D eigenvalue weighted by Crippen LogP contribution is 2.38. The van der Waals surface area contributed by atoms with Gasteiger partial charge in [0.2, 0.25) is 0 Å². The molecule has 0 aromatic carbocycles. The van der Waals surface area contributed by atoms with Gasteiger partial charge in [0.05, 0.1) is 5.56 Å². The van der Waals surface area contributed by atoms with E-state index in [9.17, 15) is 13.2 Å². The maximum atomic E-state index is 12.9. The van der Waals surface area contributed by atoms with Crippen LogP contribution in [0.4, 0.5) is 13.2 Å². The van der Waals surface area contributed by atoms with E-state index in [-0.39, 0.29) is 10.8 Å². The third-order valence-corrected chi connectivity index (χ3v) is 5.64. The Morgan fingerprint density at radius 2 is 2.17 bits per heavy atom.